The van der Waals surface area contributed by atoms with Gasteiger partial charge in [0.15, 0.2) is 0 Å². The summed E-state index contributed by atoms with van der Waals surface area (Å²) in [5.41, 5.74) is -1.17. The molecule has 3 unspecified atom stereocenters. The van der Waals surface area contributed by atoms with Crippen LogP contribution in [-0.4, -0.2) is 86.4 Å². The fraction of sp³-hybridized carbons (Fsp3) is 0.793. The van der Waals surface area contributed by atoms with Crippen LogP contribution in [0.4, 0.5) is 0 Å². The van der Waals surface area contributed by atoms with Crippen molar-refractivity contribution in [3.8, 4) is 0 Å². The van der Waals surface area contributed by atoms with Gasteiger partial charge in [-0.1, -0.05) is 55.9 Å². The van der Waals surface area contributed by atoms with Crippen molar-refractivity contribution >= 4 is 45.2 Å². The van der Waals surface area contributed by atoms with Crippen LogP contribution in [-0.2, 0) is 19.2 Å². The smallest absolute Gasteiger partial charge is 0.246 e. The topological polar surface area (TPSA) is 120 Å². The minimum Gasteiger partial charge on any atom is -0.356 e. The molecule has 40 heavy (non-hydrogen) atoms. The normalized spacial score (nSPS) is 15.1. The van der Waals surface area contributed by atoms with Crippen LogP contribution < -0.4 is 21.3 Å². The predicted molar refractivity (Wildman–Crippen MR) is 170 cm³/mol. The van der Waals surface area contributed by atoms with Gasteiger partial charge in [0, 0.05) is 59.5 Å². The van der Waals surface area contributed by atoms with Crippen molar-refractivity contribution in [3.63, 3.8) is 0 Å². The highest BCUT2D eigenvalue weighted by Gasteiger charge is 2.45. The molecule has 0 fully saturated rings. The molecule has 0 radical (unpaired) electrons. The first-order valence-corrected chi connectivity index (χ1v) is 16.8. The molecule has 0 saturated heterocycles. The molecular weight excluding hydrogens is 546 g/mol. The summed E-state index contributed by atoms with van der Waals surface area (Å²) in [5, 5.41) is 11.9. The Balaban J connectivity index is 5.20. The Kier molecular flexibility index (Phi) is 18.6. The highest BCUT2D eigenvalue weighted by atomic mass is 33.1. The first-order chi connectivity index (χ1) is 18.6. The predicted octanol–water partition coefficient (Wildman–Crippen LogP) is 3.61. The molecule has 0 aliphatic heterocycles. The van der Waals surface area contributed by atoms with Gasteiger partial charge in [-0.15, -0.1) is 0 Å². The van der Waals surface area contributed by atoms with E-state index in [4.69, 9.17) is 0 Å². The second-order valence-electron chi connectivity index (χ2n) is 11.8. The van der Waals surface area contributed by atoms with Gasteiger partial charge >= 0.3 is 0 Å². The van der Waals surface area contributed by atoms with Gasteiger partial charge in [-0.3, -0.25) is 19.2 Å². The van der Waals surface area contributed by atoms with Crippen molar-refractivity contribution in [1.29, 1.82) is 0 Å². The summed E-state index contributed by atoms with van der Waals surface area (Å²) in [6.07, 6.45) is 2.08. The zero-order valence-electron chi connectivity index (χ0n) is 26.3. The summed E-state index contributed by atoms with van der Waals surface area (Å²) < 4.78 is 0. The number of nitrogens with one attached hydrogen (secondary N) is 4. The van der Waals surface area contributed by atoms with Crippen LogP contribution in [0, 0.1) is 16.7 Å². The molecule has 0 aromatic carbocycles. The summed E-state index contributed by atoms with van der Waals surface area (Å²) in [7, 11) is 7.26. The molecule has 0 bridgehead atoms. The fourth-order valence-electron chi connectivity index (χ4n) is 4.37. The molecule has 4 amide bonds. The van der Waals surface area contributed by atoms with E-state index in [0.717, 1.165) is 24.5 Å². The third-order valence-electron chi connectivity index (χ3n) is 6.77. The van der Waals surface area contributed by atoms with E-state index >= 15 is 0 Å². The molecule has 0 aliphatic carbocycles. The Morgan fingerprint density at radius 1 is 0.875 bits per heavy atom. The zero-order valence-corrected chi connectivity index (χ0v) is 28.0. The van der Waals surface area contributed by atoms with Crippen LogP contribution in [0.5, 0.6) is 0 Å². The van der Waals surface area contributed by atoms with Crippen molar-refractivity contribution < 1.29 is 19.2 Å². The fourth-order valence-corrected chi connectivity index (χ4v) is 6.19. The van der Waals surface area contributed by atoms with Crippen molar-refractivity contribution in [2.24, 2.45) is 16.7 Å². The lowest BCUT2D eigenvalue weighted by molar-refractivity contribution is -0.139. The Hall–Kier alpha value is -1.72. The van der Waals surface area contributed by atoms with Gasteiger partial charge in [-0.2, -0.15) is 0 Å². The summed E-state index contributed by atoms with van der Waals surface area (Å²) in [5.74, 6) is 0.681. The van der Waals surface area contributed by atoms with Crippen LogP contribution in [0.1, 0.15) is 74.1 Å². The van der Waals surface area contributed by atoms with Crippen molar-refractivity contribution in [1.82, 2.24) is 26.2 Å². The summed E-state index contributed by atoms with van der Waals surface area (Å²) >= 11 is 0. The van der Waals surface area contributed by atoms with Crippen molar-refractivity contribution in [2.75, 3.05) is 51.8 Å². The second-order valence-corrected chi connectivity index (χ2v) is 14.5. The number of amides is 4. The highest BCUT2D eigenvalue weighted by molar-refractivity contribution is 8.76. The van der Waals surface area contributed by atoms with E-state index in [9.17, 15) is 19.2 Å². The zero-order chi connectivity index (χ0) is 30.9. The van der Waals surface area contributed by atoms with Gasteiger partial charge in [0.25, 0.3) is 0 Å². The number of carbonyl (C=O) groups excluding carboxylic acids is 4. The molecule has 11 heteroatoms. The third kappa shape index (κ3) is 15.3. The first kappa shape index (κ1) is 38.3. The molecule has 0 aliphatic rings. The average molecular weight is 602 g/mol. The molecule has 0 heterocycles. The summed E-state index contributed by atoms with van der Waals surface area (Å²) in [6.45, 7) is 19.2. The molecule has 0 saturated carbocycles. The van der Waals surface area contributed by atoms with E-state index < -0.39 is 10.8 Å². The molecule has 232 valence electrons. The van der Waals surface area contributed by atoms with E-state index in [1.807, 2.05) is 55.6 Å². The number of rotatable bonds is 21. The molecular formula is C29H55N5O4S2. The van der Waals surface area contributed by atoms with Crippen LogP contribution >= 0.6 is 21.6 Å². The number of carbonyl (C=O) groups is 4. The van der Waals surface area contributed by atoms with Gasteiger partial charge in [-0.25, -0.2) is 0 Å². The first-order valence-electron chi connectivity index (χ1n) is 14.3. The van der Waals surface area contributed by atoms with Crippen molar-refractivity contribution in [2.45, 2.75) is 80.2 Å². The average Bonchev–Trinajstić information content (AvgIpc) is 2.86. The molecule has 0 aromatic heterocycles. The Morgan fingerprint density at radius 2 is 1.40 bits per heavy atom. The van der Waals surface area contributed by atoms with Gasteiger partial charge < -0.3 is 26.2 Å². The van der Waals surface area contributed by atoms with Crippen LogP contribution in [0.15, 0.2) is 12.2 Å². The lowest BCUT2D eigenvalue weighted by atomic mass is 9.67. The van der Waals surface area contributed by atoms with Crippen molar-refractivity contribution in [3.05, 3.63) is 12.2 Å². The molecule has 0 rings (SSSR count). The molecule has 0 spiro atoms. The number of nitrogens with zero attached hydrogens (tertiary/aromatic N) is 1. The number of hydrogen-bond acceptors (Lipinski definition) is 7. The summed E-state index contributed by atoms with van der Waals surface area (Å²) in [6, 6.07) is 0.0129. The highest BCUT2D eigenvalue weighted by Crippen LogP contribution is 2.41. The molecule has 9 nitrogen and oxygen atoms in total. The van der Waals surface area contributed by atoms with Gasteiger partial charge in [0.1, 0.15) is 0 Å². The SMILES string of the molecule is C=C(C)C(=O)NCCSSCCNC(=O)C(C)(CC)CC(C)(CC(C)C(=O)NC(C)C)C(=O)NCCCN(C)C. The van der Waals surface area contributed by atoms with Crippen LogP contribution in [0.2, 0.25) is 0 Å². The van der Waals surface area contributed by atoms with E-state index in [2.05, 4.69) is 32.7 Å². The lowest BCUT2D eigenvalue weighted by Gasteiger charge is -2.38. The van der Waals surface area contributed by atoms with E-state index in [1.165, 1.54) is 0 Å². The van der Waals surface area contributed by atoms with E-state index in [1.54, 1.807) is 28.5 Å². The minimum atomic E-state index is -0.896. The van der Waals surface area contributed by atoms with Gasteiger partial charge in [0.05, 0.1) is 0 Å². The van der Waals surface area contributed by atoms with E-state index in [0.29, 0.717) is 44.5 Å². The third-order valence-corrected chi connectivity index (χ3v) is 9.18. The second kappa shape index (κ2) is 19.4. The van der Waals surface area contributed by atoms with Crippen LogP contribution in [0.25, 0.3) is 0 Å². The number of hydrogen-bond donors (Lipinski definition) is 4. The molecule has 0 aromatic rings. The van der Waals surface area contributed by atoms with Crippen LogP contribution in [0.3, 0.4) is 0 Å². The monoisotopic (exact) mass is 601 g/mol. The molecule has 3 atom stereocenters. The van der Waals surface area contributed by atoms with E-state index in [-0.39, 0.29) is 35.6 Å². The molecule has 4 N–H and O–H groups in total. The maximum atomic E-state index is 13.5. The maximum absolute atomic E-state index is 13.5. The van der Waals surface area contributed by atoms with Gasteiger partial charge in [0.2, 0.25) is 23.6 Å². The maximum Gasteiger partial charge on any atom is 0.246 e. The standard InChI is InChI=1S/C29H55N5O4S2/c1-11-28(7,26(37)32-15-18-40-39-17-14-30-24(35)21(2)3)20-29(8,19-23(6)25(36)33-22(4)5)27(38)31-13-12-16-34(9)10/h22-23H,2,11-20H2,1,3-10H3,(H,30,35)(H,31,38)(H,32,37)(H,33,36). The Bertz CT molecular complexity index is 839. The van der Waals surface area contributed by atoms with Gasteiger partial charge in [-0.05, 0) is 67.1 Å². The summed E-state index contributed by atoms with van der Waals surface area (Å²) in [4.78, 5) is 53.2. The quantitative estimate of drug-likeness (QED) is 0.0902. The Morgan fingerprint density at radius 3 is 1.90 bits per heavy atom. The largest absolute Gasteiger partial charge is 0.356 e. The Labute approximate surface area is 251 Å². The minimum absolute atomic E-state index is 0.0129. The lowest BCUT2D eigenvalue weighted by Crippen LogP contribution is -2.49.